The molecule has 0 unspecified atom stereocenters. The number of nitrogens with two attached hydrogens (primary N) is 1. The molecule has 2 amide bonds. The molecule has 0 spiro atoms. The number of rotatable bonds is 2. The van der Waals surface area contributed by atoms with E-state index in [1.54, 1.807) is 24.3 Å². The Hall–Kier alpha value is -2.62. The van der Waals surface area contributed by atoms with Crippen LogP contribution in [-0.4, -0.2) is 11.8 Å². The molecule has 0 aliphatic carbocycles. The van der Waals surface area contributed by atoms with Crippen LogP contribution in [0.5, 0.6) is 0 Å². The van der Waals surface area contributed by atoms with Crippen molar-refractivity contribution >= 4 is 23.2 Å². The highest BCUT2D eigenvalue weighted by molar-refractivity contribution is 6.34. The third kappa shape index (κ3) is 2.09. The first-order valence-electron chi connectivity index (χ1n) is 6.87. The zero-order chi connectivity index (χ0) is 15.1. The van der Waals surface area contributed by atoms with Crippen molar-refractivity contribution in [3.05, 3.63) is 59.2 Å². The lowest BCUT2D eigenvalue weighted by Crippen LogP contribution is -2.29. The van der Waals surface area contributed by atoms with E-state index in [0.29, 0.717) is 28.4 Å². The van der Waals surface area contributed by atoms with Crippen LogP contribution < -0.4 is 10.6 Å². The molecule has 0 atom stereocenters. The Morgan fingerprint density at radius 3 is 2.38 bits per heavy atom. The molecule has 3 rings (SSSR count). The molecule has 2 aromatic rings. The highest BCUT2D eigenvalue weighted by atomic mass is 16.2. The van der Waals surface area contributed by atoms with Gasteiger partial charge in [0.05, 0.1) is 16.8 Å². The van der Waals surface area contributed by atoms with Crippen LogP contribution in [0.25, 0.3) is 0 Å². The van der Waals surface area contributed by atoms with E-state index in [0.717, 1.165) is 5.56 Å². The minimum Gasteiger partial charge on any atom is -0.399 e. The maximum absolute atomic E-state index is 12.5. The summed E-state index contributed by atoms with van der Waals surface area (Å²) in [5.74, 6) is -0.283. The van der Waals surface area contributed by atoms with Crippen molar-refractivity contribution in [2.45, 2.75) is 19.8 Å². The maximum atomic E-state index is 12.5. The SMILES string of the molecule is CC(C)c1cccc(N2C(=O)c3ccc(N)cc3C2=O)c1. The predicted octanol–water partition coefficient (Wildman–Crippen LogP) is 3.19. The van der Waals surface area contributed by atoms with E-state index in [9.17, 15) is 9.59 Å². The Labute approximate surface area is 123 Å². The van der Waals surface area contributed by atoms with Gasteiger partial charge in [0.1, 0.15) is 0 Å². The van der Waals surface area contributed by atoms with Gasteiger partial charge in [0.15, 0.2) is 0 Å². The van der Waals surface area contributed by atoms with Gasteiger partial charge in [-0.2, -0.15) is 0 Å². The first kappa shape index (κ1) is 13.4. The standard InChI is InChI=1S/C17H16N2O2/c1-10(2)11-4-3-5-13(8-11)19-16(20)14-7-6-12(18)9-15(14)17(19)21/h3-10H,18H2,1-2H3. The van der Waals surface area contributed by atoms with Crippen LogP contribution in [0.2, 0.25) is 0 Å². The molecule has 0 aromatic heterocycles. The molecule has 2 N–H and O–H groups in total. The molecule has 1 aliphatic rings. The van der Waals surface area contributed by atoms with Gasteiger partial charge >= 0.3 is 0 Å². The third-order valence-electron chi connectivity index (χ3n) is 3.71. The van der Waals surface area contributed by atoms with E-state index in [-0.39, 0.29) is 11.8 Å². The second kappa shape index (κ2) is 4.74. The molecule has 4 heteroatoms. The molecule has 0 bridgehead atoms. The minimum atomic E-state index is -0.316. The Balaban J connectivity index is 2.07. The number of imide groups is 1. The highest BCUT2D eigenvalue weighted by Crippen LogP contribution is 2.31. The maximum Gasteiger partial charge on any atom is 0.266 e. The Kier molecular flexibility index (Phi) is 3.01. The number of fused-ring (bicyclic) bond motifs is 1. The van der Waals surface area contributed by atoms with E-state index in [1.165, 1.54) is 4.90 Å². The van der Waals surface area contributed by atoms with Gasteiger partial charge < -0.3 is 5.73 Å². The normalized spacial score (nSPS) is 14.0. The average Bonchev–Trinajstić information content (AvgIpc) is 2.70. The molecule has 0 saturated heterocycles. The van der Waals surface area contributed by atoms with Gasteiger partial charge in [-0.1, -0.05) is 26.0 Å². The van der Waals surface area contributed by atoms with E-state index in [2.05, 4.69) is 13.8 Å². The summed E-state index contributed by atoms with van der Waals surface area (Å²) in [4.78, 5) is 26.2. The van der Waals surface area contributed by atoms with Crippen molar-refractivity contribution < 1.29 is 9.59 Å². The van der Waals surface area contributed by atoms with Gasteiger partial charge in [0.25, 0.3) is 11.8 Å². The number of nitrogens with zero attached hydrogens (tertiary/aromatic N) is 1. The van der Waals surface area contributed by atoms with Gasteiger partial charge in [-0.15, -0.1) is 0 Å². The van der Waals surface area contributed by atoms with E-state index in [4.69, 9.17) is 5.73 Å². The van der Waals surface area contributed by atoms with Gasteiger partial charge in [-0.25, -0.2) is 4.90 Å². The van der Waals surface area contributed by atoms with Crippen LogP contribution in [0.4, 0.5) is 11.4 Å². The molecule has 0 fully saturated rings. The molecule has 4 nitrogen and oxygen atoms in total. The molecule has 1 aliphatic heterocycles. The molecule has 0 radical (unpaired) electrons. The van der Waals surface area contributed by atoms with E-state index >= 15 is 0 Å². The number of carbonyl (C=O) groups excluding carboxylic acids is 2. The number of carbonyl (C=O) groups is 2. The number of nitrogen functional groups attached to an aromatic ring is 1. The van der Waals surface area contributed by atoms with Gasteiger partial charge in [-0.3, -0.25) is 9.59 Å². The Morgan fingerprint density at radius 1 is 0.952 bits per heavy atom. The summed E-state index contributed by atoms with van der Waals surface area (Å²) in [6, 6.07) is 12.3. The van der Waals surface area contributed by atoms with E-state index < -0.39 is 0 Å². The lowest BCUT2D eigenvalue weighted by Gasteiger charge is -2.16. The number of anilines is 2. The van der Waals surface area contributed by atoms with Gasteiger partial charge in [0.2, 0.25) is 0 Å². The summed E-state index contributed by atoms with van der Waals surface area (Å²) in [5, 5.41) is 0. The van der Waals surface area contributed by atoms with E-state index in [1.807, 2.05) is 18.2 Å². The summed E-state index contributed by atoms with van der Waals surface area (Å²) in [6.07, 6.45) is 0. The summed E-state index contributed by atoms with van der Waals surface area (Å²) in [7, 11) is 0. The Morgan fingerprint density at radius 2 is 1.67 bits per heavy atom. The smallest absolute Gasteiger partial charge is 0.266 e. The molecule has 0 saturated carbocycles. The molecule has 2 aromatic carbocycles. The fraction of sp³-hybridized carbons (Fsp3) is 0.176. The lowest BCUT2D eigenvalue weighted by atomic mass is 10.0. The Bertz CT molecular complexity index is 750. The summed E-state index contributed by atoms with van der Waals surface area (Å²) in [5.41, 5.74) is 8.65. The van der Waals surface area contributed by atoms with Crippen LogP contribution in [0.1, 0.15) is 46.0 Å². The first-order chi connectivity index (χ1) is 9.99. The zero-order valence-corrected chi connectivity index (χ0v) is 12.0. The van der Waals surface area contributed by atoms with Crippen molar-refractivity contribution in [3.8, 4) is 0 Å². The number of benzene rings is 2. The fourth-order valence-electron chi connectivity index (χ4n) is 2.52. The highest BCUT2D eigenvalue weighted by Gasteiger charge is 2.36. The van der Waals surface area contributed by atoms with Crippen molar-refractivity contribution in [1.29, 1.82) is 0 Å². The molecule has 106 valence electrons. The van der Waals surface area contributed by atoms with Crippen LogP contribution in [-0.2, 0) is 0 Å². The number of hydrogen-bond acceptors (Lipinski definition) is 3. The lowest BCUT2D eigenvalue weighted by molar-refractivity contribution is 0.0926. The second-order valence-electron chi connectivity index (χ2n) is 5.50. The monoisotopic (exact) mass is 280 g/mol. The summed E-state index contributed by atoms with van der Waals surface area (Å²) in [6.45, 7) is 4.14. The first-order valence-corrected chi connectivity index (χ1v) is 6.87. The van der Waals surface area contributed by atoms with Crippen molar-refractivity contribution in [2.24, 2.45) is 0 Å². The van der Waals surface area contributed by atoms with Crippen LogP contribution in [0, 0.1) is 0 Å². The van der Waals surface area contributed by atoms with Crippen LogP contribution >= 0.6 is 0 Å². The largest absolute Gasteiger partial charge is 0.399 e. The van der Waals surface area contributed by atoms with Crippen LogP contribution in [0.3, 0.4) is 0 Å². The zero-order valence-electron chi connectivity index (χ0n) is 12.0. The van der Waals surface area contributed by atoms with Gasteiger partial charge in [-0.05, 0) is 41.8 Å². The number of hydrogen-bond donors (Lipinski definition) is 1. The third-order valence-corrected chi connectivity index (χ3v) is 3.71. The van der Waals surface area contributed by atoms with Crippen LogP contribution in [0.15, 0.2) is 42.5 Å². The van der Waals surface area contributed by atoms with Crippen molar-refractivity contribution in [2.75, 3.05) is 10.6 Å². The summed E-state index contributed by atoms with van der Waals surface area (Å²) >= 11 is 0. The molecule has 1 heterocycles. The minimum absolute atomic E-state index is 0.295. The molecular weight excluding hydrogens is 264 g/mol. The average molecular weight is 280 g/mol. The van der Waals surface area contributed by atoms with Crippen molar-refractivity contribution in [1.82, 2.24) is 0 Å². The molecule has 21 heavy (non-hydrogen) atoms. The fourth-order valence-corrected chi connectivity index (χ4v) is 2.52. The predicted molar refractivity (Wildman–Crippen MR) is 82.5 cm³/mol. The second-order valence-corrected chi connectivity index (χ2v) is 5.50. The molecular formula is C17H16N2O2. The van der Waals surface area contributed by atoms with Crippen molar-refractivity contribution in [3.63, 3.8) is 0 Å². The topological polar surface area (TPSA) is 63.4 Å². The summed E-state index contributed by atoms with van der Waals surface area (Å²) < 4.78 is 0. The van der Waals surface area contributed by atoms with Gasteiger partial charge in [0, 0.05) is 5.69 Å². The quantitative estimate of drug-likeness (QED) is 0.678. The number of amides is 2.